The smallest absolute Gasteiger partial charge is 0.309 e. The van der Waals surface area contributed by atoms with E-state index in [2.05, 4.69) is 0 Å². The molecule has 1 saturated carbocycles. The van der Waals surface area contributed by atoms with E-state index in [1.54, 1.807) is 6.92 Å². The molecule has 0 aromatic carbocycles. The van der Waals surface area contributed by atoms with Gasteiger partial charge in [0.25, 0.3) is 0 Å². The maximum atomic E-state index is 11.9. The highest BCUT2D eigenvalue weighted by Crippen LogP contribution is 2.52. The minimum atomic E-state index is -0.920. The Morgan fingerprint density at radius 2 is 2.14 bits per heavy atom. The first-order valence-electron chi connectivity index (χ1n) is 8.00. The Labute approximate surface area is 130 Å². The van der Waals surface area contributed by atoms with E-state index in [0.29, 0.717) is 19.3 Å². The number of ether oxygens (including phenoxy) is 2. The second-order valence-electron chi connectivity index (χ2n) is 7.32. The Kier molecular flexibility index (Phi) is 3.59. The van der Waals surface area contributed by atoms with E-state index < -0.39 is 5.60 Å². The standard InChI is InChI=1S/C17H24O5/c1-8-5-13-11(9(2)16(19)22-13)6-12-15(8)14(21-10(3)18)7-17(12,4)20/h9,11-14,20H,5-7H2,1-4H3/t9-,11+,12+,13+,14-,17+/m0/s1. The topological polar surface area (TPSA) is 72.8 Å². The summed E-state index contributed by atoms with van der Waals surface area (Å²) in [5, 5.41) is 10.8. The van der Waals surface area contributed by atoms with Crippen LogP contribution in [0.2, 0.25) is 0 Å². The third kappa shape index (κ3) is 2.35. The third-order valence-electron chi connectivity index (χ3n) is 5.65. The molecule has 0 unspecified atom stereocenters. The fourth-order valence-electron chi connectivity index (χ4n) is 4.53. The molecule has 122 valence electrons. The first kappa shape index (κ1) is 15.5. The highest BCUT2D eigenvalue weighted by atomic mass is 16.6. The molecular weight excluding hydrogens is 284 g/mol. The van der Waals surface area contributed by atoms with Gasteiger partial charge in [0.15, 0.2) is 0 Å². The van der Waals surface area contributed by atoms with Crippen molar-refractivity contribution in [2.45, 2.75) is 64.8 Å². The van der Waals surface area contributed by atoms with Crippen LogP contribution >= 0.6 is 0 Å². The number of fused-ring (bicyclic) bond motifs is 2. The van der Waals surface area contributed by atoms with E-state index in [0.717, 1.165) is 11.1 Å². The van der Waals surface area contributed by atoms with Crippen LogP contribution in [-0.2, 0) is 19.1 Å². The Morgan fingerprint density at radius 3 is 2.77 bits per heavy atom. The largest absolute Gasteiger partial charge is 0.461 e. The van der Waals surface area contributed by atoms with Gasteiger partial charge < -0.3 is 14.6 Å². The molecule has 0 spiro atoms. The summed E-state index contributed by atoms with van der Waals surface area (Å²) in [6.45, 7) is 7.10. The van der Waals surface area contributed by atoms with Gasteiger partial charge in [-0.05, 0) is 25.8 Å². The molecule has 1 heterocycles. The highest BCUT2D eigenvalue weighted by molar-refractivity contribution is 5.75. The fraction of sp³-hybridized carbons (Fsp3) is 0.765. The minimum Gasteiger partial charge on any atom is -0.461 e. The molecule has 3 rings (SSSR count). The van der Waals surface area contributed by atoms with Crippen molar-refractivity contribution >= 4 is 11.9 Å². The van der Waals surface area contributed by atoms with Crippen LogP contribution in [0.1, 0.15) is 47.0 Å². The van der Waals surface area contributed by atoms with Crippen molar-refractivity contribution in [3.05, 3.63) is 11.1 Å². The summed E-state index contributed by atoms with van der Waals surface area (Å²) in [5.74, 6) is -0.566. The van der Waals surface area contributed by atoms with Crippen molar-refractivity contribution in [1.82, 2.24) is 0 Å². The summed E-state index contributed by atoms with van der Waals surface area (Å²) in [6, 6.07) is 0. The van der Waals surface area contributed by atoms with Crippen LogP contribution in [0.15, 0.2) is 11.1 Å². The maximum absolute atomic E-state index is 11.9. The van der Waals surface area contributed by atoms with Crippen molar-refractivity contribution < 1.29 is 24.2 Å². The lowest BCUT2D eigenvalue weighted by atomic mass is 9.79. The van der Waals surface area contributed by atoms with E-state index in [1.165, 1.54) is 6.92 Å². The molecule has 1 saturated heterocycles. The molecule has 5 heteroatoms. The van der Waals surface area contributed by atoms with Gasteiger partial charge in [0.05, 0.1) is 11.5 Å². The second-order valence-corrected chi connectivity index (χ2v) is 7.32. The molecule has 0 aromatic rings. The average molecular weight is 308 g/mol. The van der Waals surface area contributed by atoms with E-state index in [-0.39, 0.29) is 41.9 Å². The lowest BCUT2D eigenvalue weighted by molar-refractivity contribution is -0.145. The fourth-order valence-corrected chi connectivity index (χ4v) is 4.53. The molecule has 5 nitrogen and oxygen atoms in total. The Morgan fingerprint density at radius 1 is 1.45 bits per heavy atom. The molecule has 2 fully saturated rings. The molecule has 2 aliphatic carbocycles. The van der Waals surface area contributed by atoms with Gasteiger partial charge in [-0.3, -0.25) is 9.59 Å². The molecule has 1 N–H and O–H groups in total. The van der Waals surface area contributed by atoms with Crippen LogP contribution in [0.4, 0.5) is 0 Å². The summed E-state index contributed by atoms with van der Waals surface area (Å²) >= 11 is 0. The third-order valence-corrected chi connectivity index (χ3v) is 5.65. The normalized spacial score (nSPS) is 44.2. The van der Waals surface area contributed by atoms with Gasteiger partial charge in [-0.25, -0.2) is 0 Å². The summed E-state index contributed by atoms with van der Waals surface area (Å²) in [5.41, 5.74) is 1.21. The van der Waals surface area contributed by atoms with Gasteiger partial charge in [-0.15, -0.1) is 0 Å². The minimum absolute atomic E-state index is 0.0798. The first-order chi connectivity index (χ1) is 10.2. The number of carbonyl (C=O) groups is 2. The first-order valence-corrected chi connectivity index (χ1v) is 8.00. The lowest BCUT2D eigenvalue weighted by Crippen LogP contribution is -2.33. The number of carbonyl (C=O) groups excluding carboxylic acids is 2. The maximum Gasteiger partial charge on any atom is 0.309 e. The van der Waals surface area contributed by atoms with Gasteiger partial charge in [0.1, 0.15) is 12.2 Å². The molecular formula is C17H24O5. The van der Waals surface area contributed by atoms with E-state index in [9.17, 15) is 14.7 Å². The summed E-state index contributed by atoms with van der Waals surface area (Å²) in [4.78, 5) is 23.2. The van der Waals surface area contributed by atoms with Crippen molar-refractivity contribution in [2.24, 2.45) is 17.8 Å². The van der Waals surface area contributed by atoms with Crippen LogP contribution in [0.5, 0.6) is 0 Å². The monoisotopic (exact) mass is 308 g/mol. The molecule has 0 radical (unpaired) electrons. The van der Waals surface area contributed by atoms with Gasteiger partial charge in [0, 0.05) is 31.6 Å². The summed E-state index contributed by atoms with van der Waals surface area (Å²) in [6.07, 6.45) is 1.32. The van der Waals surface area contributed by atoms with E-state index >= 15 is 0 Å². The number of hydrogen-bond acceptors (Lipinski definition) is 5. The van der Waals surface area contributed by atoms with Crippen molar-refractivity contribution in [2.75, 3.05) is 0 Å². The molecule has 0 aromatic heterocycles. The highest BCUT2D eigenvalue weighted by Gasteiger charge is 2.54. The molecule has 0 amide bonds. The zero-order valence-electron chi connectivity index (χ0n) is 13.6. The Hall–Kier alpha value is -1.36. The number of rotatable bonds is 1. The van der Waals surface area contributed by atoms with E-state index in [4.69, 9.17) is 9.47 Å². The SMILES string of the molecule is CC(=O)O[C@H]1C[C@@](C)(O)[C@@H]2C[C@@H]3[C@H](C)C(=O)O[C@@H]3CC(C)=C12. The summed E-state index contributed by atoms with van der Waals surface area (Å²) in [7, 11) is 0. The Bertz CT molecular complexity index is 547. The zero-order valence-corrected chi connectivity index (χ0v) is 13.6. The van der Waals surface area contributed by atoms with Crippen molar-refractivity contribution in [1.29, 1.82) is 0 Å². The predicted molar refractivity (Wildman–Crippen MR) is 78.8 cm³/mol. The van der Waals surface area contributed by atoms with E-state index in [1.807, 2.05) is 13.8 Å². The lowest BCUT2D eigenvalue weighted by Gasteiger charge is -2.28. The number of aliphatic hydroxyl groups is 1. The molecule has 22 heavy (non-hydrogen) atoms. The van der Waals surface area contributed by atoms with Crippen molar-refractivity contribution in [3.8, 4) is 0 Å². The molecule has 6 atom stereocenters. The zero-order chi connectivity index (χ0) is 16.2. The molecule has 1 aliphatic heterocycles. The number of hydrogen-bond donors (Lipinski definition) is 1. The van der Waals surface area contributed by atoms with Crippen LogP contribution in [-0.4, -0.2) is 34.9 Å². The molecule has 3 aliphatic rings. The van der Waals surface area contributed by atoms with Gasteiger partial charge >= 0.3 is 11.9 Å². The summed E-state index contributed by atoms with van der Waals surface area (Å²) < 4.78 is 11.0. The second kappa shape index (κ2) is 5.08. The Balaban J connectivity index is 1.97. The van der Waals surface area contributed by atoms with Gasteiger partial charge in [-0.1, -0.05) is 12.5 Å². The van der Waals surface area contributed by atoms with Crippen LogP contribution in [0, 0.1) is 17.8 Å². The van der Waals surface area contributed by atoms with Gasteiger partial charge in [-0.2, -0.15) is 0 Å². The quantitative estimate of drug-likeness (QED) is 0.592. The van der Waals surface area contributed by atoms with Gasteiger partial charge in [0.2, 0.25) is 0 Å². The van der Waals surface area contributed by atoms with Crippen LogP contribution < -0.4 is 0 Å². The molecule has 0 bridgehead atoms. The van der Waals surface area contributed by atoms with Crippen molar-refractivity contribution in [3.63, 3.8) is 0 Å². The predicted octanol–water partition coefficient (Wildman–Crippen LogP) is 1.98. The number of esters is 2. The van der Waals surface area contributed by atoms with Crippen LogP contribution in [0.3, 0.4) is 0 Å². The average Bonchev–Trinajstić information content (AvgIpc) is 2.71. The van der Waals surface area contributed by atoms with Crippen LogP contribution in [0.25, 0.3) is 0 Å².